The van der Waals surface area contributed by atoms with Gasteiger partial charge in [0.05, 0.1) is 4.88 Å². The first-order valence-corrected chi connectivity index (χ1v) is 9.40. The van der Waals surface area contributed by atoms with Crippen molar-refractivity contribution in [3.8, 4) is 16.6 Å². The Labute approximate surface area is 149 Å². The van der Waals surface area contributed by atoms with Crippen molar-refractivity contribution in [1.82, 2.24) is 9.97 Å². The number of benzene rings is 1. The number of anilines is 1. The first-order chi connectivity index (χ1) is 11.7. The molecular formula is C18H16N4S2. The lowest BCUT2D eigenvalue weighted by Gasteiger charge is -2.07. The van der Waals surface area contributed by atoms with E-state index in [0.29, 0.717) is 16.4 Å². The van der Waals surface area contributed by atoms with Crippen LogP contribution >= 0.6 is 23.1 Å². The molecule has 120 valence electrons. The molecule has 0 radical (unpaired) electrons. The van der Waals surface area contributed by atoms with Crippen LogP contribution in [-0.2, 0) is 12.2 Å². The monoisotopic (exact) mass is 352 g/mol. The summed E-state index contributed by atoms with van der Waals surface area (Å²) in [5.41, 5.74) is 9.47. The van der Waals surface area contributed by atoms with Gasteiger partial charge >= 0.3 is 0 Å². The highest BCUT2D eigenvalue weighted by molar-refractivity contribution is 7.98. The maximum absolute atomic E-state index is 9.34. The van der Waals surface area contributed by atoms with E-state index in [2.05, 4.69) is 47.2 Å². The minimum absolute atomic E-state index is 0.237. The molecule has 0 atom stereocenters. The maximum atomic E-state index is 9.34. The SMILES string of the molecule is CCc1cccc(CSc2nc(N)c(C#N)c(-c3cccs3)n2)c1. The number of thiophene rings is 1. The highest BCUT2D eigenvalue weighted by atomic mass is 32.2. The van der Waals surface area contributed by atoms with Crippen LogP contribution in [0.2, 0.25) is 0 Å². The first kappa shape index (κ1) is 16.5. The van der Waals surface area contributed by atoms with Gasteiger partial charge in [0, 0.05) is 5.75 Å². The molecule has 0 aliphatic heterocycles. The number of aromatic nitrogens is 2. The van der Waals surface area contributed by atoms with Gasteiger partial charge < -0.3 is 5.73 Å². The van der Waals surface area contributed by atoms with Gasteiger partial charge in [-0.2, -0.15) is 5.26 Å². The molecule has 0 unspecified atom stereocenters. The average Bonchev–Trinajstić information content (AvgIpc) is 3.14. The number of thioether (sulfide) groups is 1. The average molecular weight is 352 g/mol. The minimum Gasteiger partial charge on any atom is -0.382 e. The molecule has 2 N–H and O–H groups in total. The van der Waals surface area contributed by atoms with Crippen LogP contribution in [0.15, 0.2) is 46.9 Å². The number of hydrogen-bond acceptors (Lipinski definition) is 6. The van der Waals surface area contributed by atoms with E-state index in [1.165, 1.54) is 34.2 Å². The number of nitrogen functional groups attached to an aromatic ring is 1. The second-order valence-corrected chi connectivity index (χ2v) is 7.06. The van der Waals surface area contributed by atoms with Crippen molar-refractivity contribution >= 4 is 28.9 Å². The molecule has 0 saturated heterocycles. The Morgan fingerprint density at radius 2 is 2.04 bits per heavy atom. The lowest BCUT2D eigenvalue weighted by Crippen LogP contribution is -2.02. The van der Waals surface area contributed by atoms with Crippen LogP contribution in [0.4, 0.5) is 5.82 Å². The van der Waals surface area contributed by atoms with E-state index in [1.807, 2.05) is 17.5 Å². The van der Waals surface area contributed by atoms with Gasteiger partial charge in [0.15, 0.2) is 5.16 Å². The third kappa shape index (κ3) is 3.58. The second kappa shape index (κ2) is 7.47. The molecule has 0 saturated carbocycles. The van der Waals surface area contributed by atoms with Gasteiger partial charge in [-0.3, -0.25) is 0 Å². The minimum atomic E-state index is 0.237. The largest absolute Gasteiger partial charge is 0.382 e. The van der Waals surface area contributed by atoms with E-state index in [4.69, 9.17) is 5.73 Å². The Morgan fingerprint density at radius 1 is 1.21 bits per heavy atom. The molecule has 3 aromatic rings. The van der Waals surface area contributed by atoms with Gasteiger partial charge in [-0.15, -0.1) is 11.3 Å². The summed E-state index contributed by atoms with van der Waals surface area (Å²) in [6, 6.07) is 14.5. The summed E-state index contributed by atoms with van der Waals surface area (Å²) in [6.45, 7) is 2.14. The fraction of sp³-hybridized carbons (Fsp3) is 0.167. The van der Waals surface area contributed by atoms with E-state index in [1.54, 1.807) is 0 Å². The smallest absolute Gasteiger partial charge is 0.190 e. The van der Waals surface area contributed by atoms with Gasteiger partial charge in [0.1, 0.15) is 23.1 Å². The van der Waals surface area contributed by atoms with Gasteiger partial charge in [-0.25, -0.2) is 9.97 Å². The molecule has 2 heterocycles. The van der Waals surface area contributed by atoms with Crippen LogP contribution in [0.25, 0.3) is 10.6 Å². The number of nitrogens with two attached hydrogens (primary N) is 1. The molecule has 24 heavy (non-hydrogen) atoms. The van der Waals surface area contributed by atoms with Crippen molar-refractivity contribution in [2.75, 3.05) is 5.73 Å². The number of hydrogen-bond donors (Lipinski definition) is 1. The van der Waals surface area contributed by atoms with Crippen molar-refractivity contribution in [3.05, 3.63) is 58.5 Å². The summed E-state index contributed by atoms with van der Waals surface area (Å²) in [4.78, 5) is 9.77. The van der Waals surface area contributed by atoms with Crippen molar-refractivity contribution in [1.29, 1.82) is 5.26 Å². The predicted molar refractivity (Wildman–Crippen MR) is 99.9 cm³/mol. The molecule has 1 aromatic carbocycles. The summed E-state index contributed by atoms with van der Waals surface area (Å²) < 4.78 is 0. The lowest BCUT2D eigenvalue weighted by atomic mass is 10.1. The van der Waals surface area contributed by atoms with Crippen LogP contribution in [0.1, 0.15) is 23.6 Å². The van der Waals surface area contributed by atoms with Crippen molar-refractivity contribution in [2.24, 2.45) is 0 Å². The van der Waals surface area contributed by atoms with E-state index in [9.17, 15) is 5.26 Å². The molecule has 4 nitrogen and oxygen atoms in total. The van der Waals surface area contributed by atoms with Gasteiger partial charge in [0.25, 0.3) is 0 Å². The van der Waals surface area contributed by atoms with Crippen molar-refractivity contribution in [3.63, 3.8) is 0 Å². The summed E-state index contributed by atoms with van der Waals surface area (Å²) in [5, 5.41) is 11.9. The Bertz CT molecular complexity index is 883. The zero-order chi connectivity index (χ0) is 16.9. The molecule has 6 heteroatoms. The summed E-state index contributed by atoms with van der Waals surface area (Å²) in [7, 11) is 0. The normalized spacial score (nSPS) is 10.5. The number of rotatable bonds is 5. The molecule has 0 amide bonds. The Morgan fingerprint density at radius 3 is 2.75 bits per heavy atom. The summed E-state index contributed by atoms with van der Waals surface area (Å²) in [5.74, 6) is 1.00. The summed E-state index contributed by atoms with van der Waals surface area (Å²) in [6.07, 6.45) is 1.02. The standard InChI is InChI=1S/C18H16N4S2/c1-2-12-5-3-6-13(9-12)11-24-18-21-16(15-7-4-8-23-15)14(10-19)17(20)22-18/h3-9H,2,11H2,1H3,(H2,20,21,22). The Hall–Kier alpha value is -2.36. The van der Waals surface area contributed by atoms with Gasteiger partial charge in [0.2, 0.25) is 0 Å². The molecule has 0 fully saturated rings. The third-order valence-electron chi connectivity index (χ3n) is 3.55. The third-order valence-corrected chi connectivity index (χ3v) is 5.35. The van der Waals surface area contributed by atoms with E-state index in [0.717, 1.165) is 17.1 Å². The molecular weight excluding hydrogens is 336 g/mol. The van der Waals surface area contributed by atoms with Crippen LogP contribution in [-0.4, -0.2) is 9.97 Å². The van der Waals surface area contributed by atoms with Crippen LogP contribution in [0.5, 0.6) is 0 Å². The molecule has 0 aliphatic rings. The van der Waals surface area contributed by atoms with Crippen LogP contribution < -0.4 is 5.73 Å². The zero-order valence-corrected chi connectivity index (χ0v) is 14.8. The highest BCUT2D eigenvalue weighted by Gasteiger charge is 2.15. The number of nitriles is 1. The van der Waals surface area contributed by atoms with E-state index < -0.39 is 0 Å². The predicted octanol–water partition coefficient (Wildman–Crippen LogP) is 4.51. The molecule has 3 rings (SSSR count). The molecule has 0 bridgehead atoms. The van der Waals surface area contributed by atoms with Crippen LogP contribution in [0, 0.1) is 11.3 Å². The molecule has 0 aliphatic carbocycles. The summed E-state index contributed by atoms with van der Waals surface area (Å²) >= 11 is 3.07. The van der Waals surface area contributed by atoms with E-state index >= 15 is 0 Å². The lowest BCUT2D eigenvalue weighted by molar-refractivity contribution is 0.976. The fourth-order valence-electron chi connectivity index (χ4n) is 2.31. The Kier molecular flexibility index (Phi) is 5.14. The van der Waals surface area contributed by atoms with Gasteiger partial charge in [-0.1, -0.05) is 49.0 Å². The number of nitrogens with zero attached hydrogens (tertiary/aromatic N) is 3. The highest BCUT2D eigenvalue weighted by Crippen LogP contribution is 2.31. The zero-order valence-electron chi connectivity index (χ0n) is 13.2. The second-order valence-electron chi connectivity index (χ2n) is 5.17. The number of aryl methyl sites for hydroxylation is 1. The fourth-order valence-corrected chi connectivity index (χ4v) is 3.82. The topological polar surface area (TPSA) is 75.6 Å². The first-order valence-electron chi connectivity index (χ1n) is 7.53. The molecule has 0 spiro atoms. The van der Waals surface area contributed by atoms with Crippen molar-refractivity contribution < 1.29 is 0 Å². The maximum Gasteiger partial charge on any atom is 0.190 e. The van der Waals surface area contributed by atoms with Gasteiger partial charge in [-0.05, 0) is 29.0 Å². The molecule has 2 aromatic heterocycles. The Balaban J connectivity index is 1.87. The van der Waals surface area contributed by atoms with E-state index in [-0.39, 0.29) is 5.82 Å². The van der Waals surface area contributed by atoms with Crippen molar-refractivity contribution in [2.45, 2.75) is 24.3 Å². The quantitative estimate of drug-likeness (QED) is 0.540. The van der Waals surface area contributed by atoms with Crippen LogP contribution in [0.3, 0.4) is 0 Å².